The number of benzene rings is 1. The number of hydrogen-bond acceptors (Lipinski definition) is 10. The first kappa shape index (κ1) is 24.0. The number of phenolic OH excluding ortho intramolecular Hbond substituents is 2. The third kappa shape index (κ3) is 4.72. The van der Waals surface area contributed by atoms with E-state index in [-0.39, 0.29) is 47.8 Å². The number of hydrazine groups is 2. The highest BCUT2D eigenvalue weighted by Gasteiger charge is 2.35. The van der Waals surface area contributed by atoms with Crippen LogP contribution in [-0.2, 0) is 6.54 Å². The fourth-order valence-electron chi connectivity index (χ4n) is 3.35. The lowest BCUT2D eigenvalue weighted by atomic mass is 10.2. The molecular formula is C21H32ClN7O3. The predicted octanol–water partition coefficient (Wildman–Crippen LogP) is 3.20. The van der Waals surface area contributed by atoms with Crippen molar-refractivity contribution in [1.82, 2.24) is 15.5 Å². The maximum Gasteiger partial charge on any atom is 0.227 e. The Morgan fingerprint density at radius 1 is 1.06 bits per heavy atom. The van der Waals surface area contributed by atoms with E-state index in [9.17, 15) is 15.3 Å². The first-order chi connectivity index (χ1) is 15.2. The van der Waals surface area contributed by atoms with Crippen LogP contribution in [-0.4, -0.2) is 50.0 Å². The number of hydrogen-bond donors (Lipinski definition) is 6. The van der Waals surface area contributed by atoms with Gasteiger partial charge in [-0.15, -0.1) is 5.53 Å². The van der Waals surface area contributed by atoms with Crippen molar-refractivity contribution in [2.75, 3.05) is 27.3 Å². The Hall–Kier alpha value is -2.69. The van der Waals surface area contributed by atoms with Crippen molar-refractivity contribution >= 4 is 34.9 Å². The Balaban J connectivity index is 2.03. The largest absolute Gasteiger partial charge is 0.504 e. The molecule has 0 aliphatic carbocycles. The smallest absolute Gasteiger partial charge is 0.227 e. The highest BCUT2D eigenvalue weighted by Crippen LogP contribution is 2.41. The molecule has 0 saturated heterocycles. The molecule has 11 heteroatoms. The topological polar surface area (TPSA) is 129 Å². The van der Waals surface area contributed by atoms with E-state index < -0.39 is 0 Å². The van der Waals surface area contributed by atoms with Gasteiger partial charge in [-0.05, 0) is 40.2 Å². The van der Waals surface area contributed by atoms with Crippen molar-refractivity contribution in [3.63, 3.8) is 0 Å². The minimum Gasteiger partial charge on any atom is -0.504 e. The number of halogens is 1. The van der Waals surface area contributed by atoms with Gasteiger partial charge in [-0.2, -0.15) is 9.97 Å². The van der Waals surface area contributed by atoms with E-state index in [0.29, 0.717) is 29.6 Å². The lowest BCUT2D eigenvalue weighted by molar-refractivity contribution is 0.271. The van der Waals surface area contributed by atoms with Crippen molar-refractivity contribution in [3.05, 3.63) is 22.7 Å². The van der Waals surface area contributed by atoms with Gasteiger partial charge in [-0.1, -0.05) is 24.6 Å². The van der Waals surface area contributed by atoms with Crippen molar-refractivity contribution in [2.24, 2.45) is 0 Å². The molecular weight excluding hydrogens is 434 g/mol. The summed E-state index contributed by atoms with van der Waals surface area (Å²) < 4.78 is 0. The average Bonchev–Trinajstić information content (AvgIpc) is 3.15. The van der Waals surface area contributed by atoms with E-state index in [0.717, 1.165) is 5.69 Å². The second kappa shape index (κ2) is 9.85. The third-order valence-electron chi connectivity index (χ3n) is 5.26. The van der Waals surface area contributed by atoms with E-state index in [2.05, 4.69) is 48.8 Å². The predicted molar refractivity (Wildman–Crippen MR) is 127 cm³/mol. The molecule has 176 valence electrons. The van der Waals surface area contributed by atoms with Crippen LogP contribution in [0.4, 0.5) is 23.3 Å². The molecule has 1 aliphatic heterocycles. The minimum atomic E-state index is -0.355. The molecule has 1 unspecified atom stereocenters. The maximum absolute atomic E-state index is 10.3. The molecule has 1 aliphatic rings. The molecule has 0 saturated carbocycles. The van der Waals surface area contributed by atoms with Gasteiger partial charge in [0, 0.05) is 24.2 Å². The summed E-state index contributed by atoms with van der Waals surface area (Å²) in [7, 11) is 0. The Morgan fingerprint density at radius 3 is 2.34 bits per heavy atom. The first-order valence-corrected chi connectivity index (χ1v) is 11.1. The summed E-state index contributed by atoms with van der Waals surface area (Å²) in [5.74, 6) is 0.996. The van der Waals surface area contributed by atoms with Gasteiger partial charge in [0.05, 0.1) is 17.7 Å². The second-order valence-corrected chi connectivity index (χ2v) is 8.69. The van der Waals surface area contributed by atoms with Crippen molar-refractivity contribution in [1.29, 1.82) is 0 Å². The summed E-state index contributed by atoms with van der Waals surface area (Å²) in [6.45, 7) is 10.3. The number of aromatic hydroxyl groups is 2. The van der Waals surface area contributed by atoms with Crippen LogP contribution in [0.25, 0.3) is 0 Å². The normalized spacial score (nSPS) is 14.3. The van der Waals surface area contributed by atoms with Crippen molar-refractivity contribution in [2.45, 2.75) is 65.7 Å². The quantitative estimate of drug-likeness (QED) is 0.307. The zero-order chi connectivity index (χ0) is 23.6. The Labute approximate surface area is 193 Å². The zero-order valence-electron chi connectivity index (χ0n) is 19.0. The van der Waals surface area contributed by atoms with Gasteiger partial charge in [0.2, 0.25) is 5.95 Å². The minimum absolute atomic E-state index is 0.0398. The van der Waals surface area contributed by atoms with Crippen molar-refractivity contribution in [3.8, 4) is 11.5 Å². The van der Waals surface area contributed by atoms with Crippen LogP contribution in [0, 0.1) is 0 Å². The van der Waals surface area contributed by atoms with Crippen LogP contribution in [0.2, 0.25) is 5.02 Å². The Kier molecular flexibility index (Phi) is 7.37. The van der Waals surface area contributed by atoms with Gasteiger partial charge < -0.3 is 26.0 Å². The monoisotopic (exact) mass is 465 g/mol. The lowest BCUT2D eigenvalue weighted by Gasteiger charge is -2.27. The molecule has 0 radical (unpaired) electrons. The van der Waals surface area contributed by atoms with E-state index >= 15 is 0 Å². The van der Waals surface area contributed by atoms with Gasteiger partial charge >= 0.3 is 0 Å². The van der Waals surface area contributed by atoms with E-state index in [1.165, 1.54) is 6.07 Å². The number of phenols is 2. The molecule has 3 rings (SSSR count). The van der Waals surface area contributed by atoms with Crippen LogP contribution < -0.4 is 26.2 Å². The number of aliphatic hydroxyl groups excluding tert-OH is 1. The van der Waals surface area contributed by atoms with Gasteiger partial charge in [-0.25, -0.2) is 0 Å². The van der Waals surface area contributed by atoms with Crippen LogP contribution in [0.3, 0.4) is 0 Å². The van der Waals surface area contributed by atoms with Gasteiger partial charge in [0.15, 0.2) is 23.1 Å². The highest BCUT2D eigenvalue weighted by atomic mass is 35.5. The van der Waals surface area contributed by atoms with Gasteiger partial charge in [0.25, 0.3) is 0 Å². The molecule has 0 fully saturated rings. The molecule has 6 N–H and O–H groups in total. The molecule has 0 spiro atoms. The summed E-state index contributed by atoms with van der Waals surface area (Å²) >= 11 is 5.88. The van der Waals surface area contributed by atoms with Crippen molar-refractivity contribution < 1.29 is 15.3 Å². The highest BCUT2D eigenvalue weighted by molar-refractivity contribution is 6.32. The zero-order valence-corrected chi connectivity index (χ0v) is 19.8. The number of rotatable bonds is 9. The summed E-state index contributed by atoms with van der Waals surface area (Å²) in [5, 5.41) is 40.3. The van der Waals surface area contributed by atoms with Gasteiger partial charge in [-0.3, -0.25) is 10.0 Å². The van der Waals surface area contributed by atoms with E-state index in [1.807, 2.05) is 16.9 Å². The molecule has 0 amide bonds. The second-order valence-electron chi connectivity index (χ2n) is 8.28. The number of nitrogens with zero attached hydrogens (tertiary/aromatic N) is 4. The number of nitrogens with one attached hydrogen (secondary N) is 3. The van der Waals surface area contributed by atoms with E-state index in [1.54, 1.807) is 6.07 Å². The van der Waals surface area contributed by atoms with Crippen LogP contribution in [0.1, 0.15) is 46.6 Å². The van der Waals surface area contributed by atoms with Gasteiger partial charge in [0.1, 0.15) is 5.69 Å². The van der Waals surface area contributed by atoms with Crippen LogP contribution >= 0.6 is 11.6 Å². The summed E-state index contributed by atoms with van der Waals surface area (Å²) in [6, 6.07) is 3.21. The molecule has 2 aromatic rings. The average molecular weight is 466 g/mol. The Bertz CT molecular complexity index is 953. The fraction of sp³-hybridized carbons (Fsp3) is 0.524. The fourth-order valence-corrected chi connectivity index (χ4v) is 3.50. The first-order valence-electron chi connectivity index (χ1n) is 10.7. The number of anilines is 4. The molecule has 1 atom stereocenters. The lowest BCUT2D eigenvalue weighted by Crippen LogP contribution is -2.50. The summed E-state index contributed by atoms with van der Waals surface area (Å²) in [5.41, 5.74) is 4.61. The van der Waals surface area contributed by atoms with Crippen LogP contribution in [0.5, 0.6) is 11.5 Å². The molecule has 32 heavy (non-hydrogen) atoms. The third-order valence-corrected chi connectivity index (χ3v) is 5.57. The molecule has 10 nitrogen and oxygen atoms in total. The molecule has 2 heterocycles. The van der Waals surface area contributed by atoms with E-state index in [4.69, 9.17) is 16.6 Å². The SMILES string of the molecule is CCC(CO)Nc1nc(NCc2ccc(Cl)c(O)c2O)c2c(n1)N(C(C)C)NN2C(C)C. The molecule has 1 aromatic heterocycles. The summed E-state index contributed by atoms with van der Waals surface area (Å²) in [6.07, 6.45) is 0.710. The summed E-state index contributed by atoms with van der Waals surface area (Å²) in [4.78, 5) is 9.39. The maximum atomic E-state index is 10.3. The number of fused-ring (bicyclic) bond motifs is 1. The van der Waals surface area contributed by atoms with Crippen LogP contribution in [0.15, 0.2) is 12.1 Å². The molecule has 1 aromatic carbocycles. The standard InChI is InChI=1S/C21H32ClN7O3/c1-6-14(10-30)24-21-25-19(23-9-13-7-8-15(22)18(32)17(13)31)16-20(26-21)29(12(4)5)27-28(16)11(2)3/h7-8,11-12,14,27,30-32H,6,9-10H2,1-5H3,(H2,23,24,25,26). The number of aliphatic hydroxyl groups is 1. The Morgan fingerprint density at radius 2 is 1.75 bits per heavy atom. The molecule has 0 bridgehead atoms. The number of aromatic nitrogens is 2.